The van der Waals surface area contributed by atoms with E-state index in [0.29, 0.717) is 17.9 Å². The molecule has 0 spiro atoms. The van der Waals surface area contributed by atoms with Gasteiger partial charge in [-0.3, -0.25) is 9.59 Å². The van der Waals surface area contributed by atoms with E-state index >= 15 is 0 Å². The molecule has 2 fully saturated rings. The number of alkyl halides is 3. The fourth-order valence-electron chi connectivity index (χ4n) is 2.81. The second-order valence-corrected chi connectivity index (χ2v) is 4.92. The quantitative estimate of drug-likeness (QED) is 0.775. The number of likely N-dealkylation sites (tertiary alicyclic amines) is 1. The molecule has 0 aliphatic carbocycles. The lowest BCUT2D eigenvalue weighted by Gasteiger charge is -2.45. The molecule has 2 aliphatic rings. The first-order valence-electron chi connectivity index (χ1n) is 5.99. The number of hydrogen-bond donors (Lipinski definition) is 1. The average Bonchev–Trinajstić information content (AvgIpc) is 2.35. The van der Waals surface area contributed by atoms with Gasteiger partial charge in [0.15, 0.2) is 0 Å². The predicted octanol–water partition coefficient (Wildman–Crippen LogP) is 0.887. The monoisotopic (exact) mass is 281 g/mol. The van der Waals surface area contributed by atoms with E-state index in [2.05, 4.69) is 0 Å². The summed E-state index contributed by atoms with van der Waals surface area (Å²) in [4.78, 5) is 23.1. The van der Waals surface area contributed by atoms with Crippen LogP contribution in [0.15, 0.2) is 0 Å². The number of carboxylic acids is 1. The molecule has 0 aromatic rings. The Kier molecular flexibility index (Phi) is 3.71. The first-order valence-corrected chi connectivity index (χ1v) is 5.99. The molecule has 0 saturated carbocycles. The SMILES string of the molecule is O=C(O)[C@H]1C[C@H]2COCC[C@@H]2N(C(=O)C(F)(F)F)C1. The van der Waals surface area contributed by atoms with Gasteiger partial charge in [0, 0.05) is 25.1 Å². The summed E-state index contributed by atoms with van der Waals surface area (Å²) in [5.41, 5.74) is 0. The van der Waals surface area contributed by atoms with Gasteiger partial charge in [-0.1, -0.05) is 0 Å². The molecule has 0 aromatic carbocycles. The van der Waals surface area contributed by atoms with Gasteiger partial charge in [-0.2, -0.15) is 13.2 Å². The van der Waals surface area contributed by atoms with Crippen molar-refractivity contribution in [1.29, 1.82) is 0 Å². The highest BCUT2D eigenvalue weighted by molar-refractivity contribution is 5.83. The number of fused-ring (bicyclic) bond motifs is 1. The summed E-state index contributed by atoms with van der Waals surface area (Å²) in [6.07, 6.45) is -4.40. The van der Waals surface area contributed by atoms with E-state index in [1.54, 1.807) is 0 Å². The zero-order valence-electron chi connectivity index (χ0n) is 10.0. The Balaban J connectivity index is 2.22. The van der Waals surface area contributed by atoms with Crippen LogP contribution in [0.2, 0.25) is 0 Å². The average molecular weight is 281 g/mol. The van der Waals surface area contributed by atoms with Gasteiger partial charge in [-0.25, -0.2) is 0 Å². The van der Waals surface area contributed by atoms with Crippen LogP contribution in [-0.4, -0.2) is 53.9 Å². The molecule has 5 nitrogen and oxygen atoms in total. The third-order valence-corrected chi connectivity index (χ3v) is 3.69. The molecule has 19 heavy (non-hydrogen) atoms. The van der Waals surface area contributed by atoms with Gasteiger partial charge in [0.25, 0.3) is 0 Å². The highest BCUT2D eigenvalue weighted by Gasteiger charge is 2.50. The van der Waals surface area contributed by atoms with E-state index in [4.69, 9.17) is 9.84 Å². The molecule has 2 aliphatic heterocycles. The number of carboxylic acid groups (broad SMARTS) is 1. The number of rotatable bonds is 1. The van der Waals surface area contributed by atoms with Crippen molar-refractivity contribution in [2.75, 3.05) is 19.8 Å². The van der Waals surface area contributed by atoms with Crippen molar-refractivity contribution < 1.29 is 32.6 Å². The van der Waals surface area contributed by atoms with Crippen LogP contribution < -0.4 is 0 Å². The van der Waals surface area contributed by atoms with Crippen LogP contribution in [0.25, 0.3) is 0 Å². The summed E-state index contributed by atoms with van der Waals surface area (Å²) in [6, 6.07) is -0.571. The predicted molar refractivity (Wildman–Crippen MR) is 56.2 cm³/mol. The molecule has 0 unspecified atom stereocenters. The number of halogens is 3. The maximum Gasteiger partial charge on any atom is 0.471 e. The van der Waals surface area contributed by atoms with Gasteiger partial charge in [-0.15, -0.1) is 0 Å². The number of piperidine rings is 1. The Bertz CT molecular complexity index is 385. The number of nitrogens with zero attached hydrogens (tertiary/aromatic N) is 1. The van der Waals surface area contributed by atoms with Crippen LogP contribution >= 0.6 is 0 Å². The van der Waals surface area contributed by atoms with Gasteiger partial charge in [0.1, 0.15) is 0 Å². The Morgan fingerprint density at radius 3 is 2.58 bits per heavy atom. The number of hydrogen-bond acceptors (Lipinski definition) is 3. The second kappa shape index (κ2) is 4.99. The van der Waals surface area contributed by atoms with Crippen LogP contribution in [0.3, 0.4) is 0 Å². The molecule has 0 aromatic heterocycles. The molecule has 108 valence electrons. The lowest BCUT2D eigenvalue weighted by Crippen LogP contribution is -2.58. The maximum atomic E-state index is 12.6. The number of aliphatic carboxylic acids is 1. The van der Waals surface area contributed by atoms with E-state index in [1.807, 2.05) is 0 Å². The van der Waals surface area contributed by atoms with E-state index < -0.39 is 30.0 Å². The van der Waals surface area contributed by atoms with Crippen molar-refractivity contribution in [3.05, 3.63) is 0 Å². The summed E-state index contributed by atoms with van der Waals surface area (Å²) in [5, 5.41) is 8.97. The van der Waals surface area contributed by atoms with Crippen LogP contribution in [0.5, 0.6) is 0 Å². The van der Waals surface area contributed by atoms with Gasteiger partial charge < -0.3 is 14.7 Å². The standard InChI is InChI=1S/C11H14F3NO4/c12-11(13,14)10(18)15-4-6(9(16)17)3-7-5-19-2-1-8(7)15/h6-8H,1-5H2,(H,16,17)/t6-,7-,8-/m0/s1. The summed E-state index contributed by atoms with van der Waals surface area (Å²) < 4.78 is 42.8. The molecule has 2 saturated heterocycles. The molecule has 0 radical (unpaired) electrons. The van der Waals surface area contributed by atoms with Crippen LogP contribution in [-0.2, 0) is 14.3 Å². The minimum Gasteiger partial charge on any atom is -0.481 e. The van der Waals surface area contributed by atoms with E-state index in [9.17, 15) is 22.8 Å². The number of carbonyl (C=O) groups excluding carboxylic acids is 1. The van der Waals surface area contributed by atoms with Gasteiger partial charge in [0.2, 0.25) is 0 Å². The number of carbonyl (C=O) groups is 2. The third kappa shape index (κ3) is 2.83. The Morgan fingerprint density at radius 2 is 2.00 bits per heavy atom. The Hall–Kier alpha value is -1.31. The molecular weight excluding hydrogens is 267 g/mol. The highest BCUT2D eigenvalue weighted by Crippen LogP contribution is 2.35. The van der Waals surface area contributed by atoms with Crippen LogP contribution in [0.1, 0.15) is 12.8 Å². The lowest BCUT2D eigenvalue weighted by atomic mass is 9.81. The minimum atomic E-state index is -4.97. The fraction of sp³-hybridized carbons (Fsp3) is 0.818. The molecule has 0 bridgehead atoms. The van der Waals surface area contributed by atoms with Crippen molar-refractivity contribution in [3.8, 4) is 0 Å². The Morgan fingerprint density at radius 1 is 1.32 bits per heavy atom. The van der Waals surface area contributed by atoms with Crippen molar-refractivity contribution in [3.63, 3.8) is 0 Å². The smallest absolute Gasteiger partial charge is 0.471 e. The third-order valence-electron chi connectivity index (χ3n) is 3.69. The molecule has 1 N–H and O–H groups in total. The van der Waals surface area contributed by atoms with Gasteiger partial charge in [0.05, 0.1) is 12.5 Å². The molecular formula is C11H14F3NO4. The van der Waals surface area contributed by atoms with E-state index in [0.717, 1.165) is 0 Å². The van der Waals surface area contributed by atoms with E-state index in [1.165, 1.54) is 0 Å². The summed E-state index contributed by atoms with van der Waals surface area (Å²) in [5.74, 6) is -4.43. The van der Waals surface area contributed by atoms with Crippen LogP contribution in [0.4, 0.5) is 13.2 Å². The van der Waals surface area contributed by atoms with Gasteiger partial charge >= 0.3 is 18.1 Å². The summed E-state index contributed by atoms with van der Waals surface area (Å²) >= 11 is 0. The highest BCUT2D eigenvalue weighted by atomic mass is 19.4. The molecule has 1 amide bonds. The summed E-state index contributed by atoms with van der Waals surface area (Å²) in [7, 11) is 0. The summed E-state index contributed by atoms with van der Waals surface area (Å²) in [6.45, 7) is 0.117. The molecule has 3 atom stereocenters. The largest absolute Gasteiger partial charge is 0.481 e. The van der Waals surface area contributed by atoms with Gasteiger partial charge in [-0.05, 0) is 12.8 Å². The lowest BCUT2D eigenvalue weighted by molar-refractivity contribution is -0.196. The number of amides is 1. The van der Waals surface area contributed by atoms with E-state index in [-0.39, 0.29) is 25.5 Å². The zero-order chi connectivity index (χ0) is 14.2. The van der Waals surface area contributed by atoms with Crippen LogP contribution in [0, 0.1) is 11.8 Å². The van der Waals surface area contributed by atoms with Crippen molar-refractivity contribution in [2.24, 2.45) is 11.8 Å². The molecule has 8 heteroatoms. The van der Waals surface area contributed by atoms with Crippen molar-refractivity contribution in [1.82, 2.24) is 4.90 Å². The van der Waals surface area contributed by atoms with Crippen molar-refractivity contribution in [2.45, 2.75) is 25.1 Å². The fourth-order valence-corrected chi connectivity index (χ4v) is 2.81. The first-order chi connectivity index (χ1) is 8.80. The normalized spacial score (nSPS) is 31.7. The van der Waals surface area contributed by atoms with Crippen molar-refractivity contribution >= 4 is 11.9 Å². The first kappa shape index (κ1) is 14.1. The topological polar surface area (TPSA) is 66.8 Å². The number of ether oxygens (including phenoxy) is 1. The zero-order valence-corrected chi connectivity index (χ0v) is 10.0. The Labute approximate surface area is 107 Å². The minimum absolute atomic E-state index is 0.204. The maximum absolute atomic E-state index is 12.6. The second-order valence-electron chi connectivity index (χ2n) is 4.92. The molecule has 2 heterocycles. The molecule has 2 rings (SSSR count).